The van der Waals surface area contributed by atoms with Crippen LogP contribution in [-0.4, -0.2) is 109 Å². The Morgan fingerprint density at radius 3 is 2.52 bits per heavy atom. The van der Waals surface area contributed by atoms with E-state index in [2.05, 4.69) is 30.6 Å². The van der Waals surface area contributed by atoms with Gasteiger partial charge < -0.3 is 56.8 Å². The van der Waals surface area contributed by atoms with Gasteiger partial charge in [0.1, 0.15) is 6.10 Å². The number of hydrogen-bond donors (Lipinski definition) is 10. The number of carbonyl (C=O) groups is 1. The van der Waals surface area contributed by atoms with Gasteiger partial charge in [-0.2, -0.15) is 0 Å². The minimum atomic E-state index is -1.62. The van der Waals surface area contributed by atoms with Gasteiger partial charge >= 0.3 is 0 Å². The second-order valence-electron chi connectivity index (χ2n) is 21.8. The van der Waals surface area contributed by atoms with Gasteiger partial charge in [-0.3, -0.25) is 4.79 Å². The summed E-state index contributed by atoms with van der Waals surface area (Å²) < 4.78 is 6.75. The Kier molecular flexibility index (Phi) is 12.9. The molecule has 5 saturated carbocycles. The van der Waals surface area contributed by atoms with Crippen molar-refractivity contribution in [2.45, 2.75) is 191 Å². The maximum atomic E-state index is 15.5. The number of nitrogens with two attached hydrogens (primary N) is 1. The number of aliphatic hydroxyl groups excluding tert-OH is 5. The molecule has 344 valence electrons. The Morgan fingerprint density at radius 2 is 1.80 bits per heavy atom. The third-order valence-corrected chi connectivity index (χ3v) is 18.7. The van der Waals surface area contributed by atoms with Crippen LogP contribution in [-0.2, 0) is 9.53 Å². The van der Waals surface area contributed by atoms with Gasteiger partial charge in [0.05, 0.1) is 53.6 Å². The summed E-state index contributed by atoms with van der Waals surface area (Å²) >= 11 is 0. The van der Waals surface area contributed by atoms with Crippen molar-refractivity contribution in [2.75, 3.05) is 13.2 Å². The molecule has 8 rings (SSSR count). The summed E-state index contributed by atoms with van der Waals surface area (Å²) in [5.41, 5.74) is 4.38. The van der Waals surface area contributed by atoms with Crippen LogP contribution in [0.3, 0.4) is 0 Å². The molecule has 0 amide bonds. The fraction of sp³-hybridized carbons (Fsp3) is 0.857. The molecule has 61 heavy (non-hydrogen) atoms. The van der Waals surface area contributed by atoms with E-state index in [1.807, 2.05) is 13.0 Å². The van der Waals surface area contributed by atoms with E-state index in [1.54, 1.807) is 13.8 Å². The first kappa shape index (κ1) is 45.7. The van der Waals surface area contributed by atoms with Crippen LogP contribution >= 0.6 is 0 Å². The van der Waals surface area contributed by atoms with Gasteiger partial charge in [0.2, 0.25) is 0 Å². The van der Waals surface area contributed by atoms with Crippen molar-refractivity contribution in [2.24, 2.45) is 63.9 Å². The van der Waals surface area contributed by atoms with Gasteiger partial charge in [-0.05, 0) is 161 Å². The lowest BCUT2D eigenvalue weighted by atomic mass is 9.37. The lowest BCUT2D eigenvalue weighted by molar-refractivity contribution is -0.217. The number of nitrogens with one attached hydrogen (secondary N) is 2. The average molecular weight is 854 g/mol. The molecule has 8 aliphatic rings. The predicted octanol–water partition coefficient (Wildman–Crippen LogP) is 4.09. The van der Waals surface area contributed by atoms with Crippen LogP contribution < -0.4 is 16.4 Å². The molecule has 19 unspecified atom stereocenters. The van der Waals surface area contributed by atoms with Gasteiger partial charge in [-0.25, -0.2) is 0 Å². The van der Waals surface area contributed by atoms with Crippen molar-refractivity contribution in [3.05, 3.63) is 34.7 Å². The molecular formula is C49H79N3O9. The molecule has 19 atom stereocenters. The van der Waals surface area contributed by atoms with Gasteiger partial charge in [-0.1, -0.05) is 46.1 Å². The van der Waals surface area contributed by atoms with Gasteiger partial charge in [0.15, 0.2) is 5.78 Å². The SMILES string of the molecule is CCCC1CCC2OC(C(O)C(C)(O)C3CCC4(O)C5=C(NCC(C)O)C(=O)C6C7CCC(CC8=C(CCCO)NC(N)C=C8)C6(CC(O)C7O)C5CCC34C)C(C)C2CC1. The number of dihydropyridines is 1. The van der Waals surface area contributed by atoms with E-state index in [1.165, 1.54) is 19.3 Å². The third-order valence-electron chi connectivity index (χ3n) is 18.7. The van der Waals surface area contributed by atoms with Gasteiger partial charge in [0, 0.05) is 30.2 Å². The van der Waals surface area contributed by atoms with E-state index >= 15 is 4.79 Å². The molecule has 12 heteroatoms. The molecule has 2 heterocycles. The molecule has 0 spiro atoms. The summed E-state index contributed by atoms with van der Waals surface area (Å²) in [5, 5.41) is 89.4. The second-order valence-corrected chi connectivity index (χ2v) is 21.8. The monoisotopic (exact) mass is 854 g/mol. The fourth-order valence-electron chi connectivity index (χ4n) is 15.7. The quantitative estimate of drug-likeness (QED) is 0.127. The van der Waals surface area contributed by atoms with Crippen LogP contribution in [0.5, 0.6) is 0 Å². The number of rotatable bonds is 13. The summed E-state index contributed by atoms with van der Waals surface area (Å²) in [7, 11) is 0. The molecule has 6 fully saturated rings. The molecule has 0 radical (unpaired) electrons. The Balaban J connectivity index is 1.17. The van der Waals surface area contributed by atoms with Crippen molar-refractivity contribution < 1.29 is 45.3 Å². The van der Waals surface area contributed by atoms with Crippen LogP contribution in [0.1, 0.15) is 137 Å². The zero-order chi connectivity index (χ0) is 43.8. The maximum Gasteiger partial charge on any atom is 0.182 e. The van der Waals surface area contributed by atoms with Crippen LogP contribution in [0, 0.1) is 58.2 Å². The Hall–Kier alpha value is -1.87. The number of carbonyl (C=O) groups excluding carboxylic acids is 1. The molecule has 12 nitrogen and oxygen atoms in total. The molecule has 2 bridgehead atoms. The number of fused-ring (bicyclic) bond motifs is 4. The molecule has 0 aromatic rings. The Labute approximate surface area is 363 Å². The van der Waals surface area contributed by atoms with E-state index < -0.39 is 70.3 Å². The van der Waals surface area contributed by atoms with E-state index in [4.69, 9.17) is 10.5 Å². The first-order chi connectivity index (χ1) is 28.9. The summed E-state index contributed by atoms with van der Waals surface area (Å²) in [6.07, 6.45) is 10.9. The highest BCUT2D eigenvalue weighted by Gasteiger charge is 2.74. The standard InChI is InChI=1S/C49H79N3O9/c1-6-8-28-10-14-31-27(3)44(61-36(31)16-11-28)45(58)47(5,59)37-19-21-49(60)40-33(18-20-46(37,49)4)48-24-35(55)42(56)32(39(48)43(57)41(40)51-25-26(2)54)15-13-30(48)23-29-12-17-38(50)52-34(29)9-7-22-53/h12,17,26-28,30-33,35-39,42,44-45,51-56,58-60H,6-11,13-16,18-25,50H2,1-5H3. The highest BCUT2D eigenvalue weighted by Crippen LogP contribution is 2.73. The zero-order valence-corrected chi connectivity index (χ0v) is 37.6. The lowest BCUT2D eigenvalue weighted by Gasteiger charge is -2.67. The van der Waals surface area contributed by atoms with E-state index in [-0.39, 0.29) is 61.8 Å². The molecule has 6 aliphatic carbocycles. The smallest absolute Gasteiger partial charge is 0.182 e. The molecular weight excluding hydrogens is 775 g/mol. The predicted molar refractivity (Wildman–Crippen MR) is 232 cm³/mol. The van der Waals surface area contributed by atoms with Crippen LogP contribution in [0.4, 0.5) is 0 Å². The van der Waals surface area contributed by atoms with Gasteiger partial charge in [0.25, 0.3) is 0 Å². The number of ether oxygens (including phenoxy) is 1. The number of hydrogen-bond acceptors (Lipinski definition) is 12. The minimum Gasteiger partial charge on any atom is -0.396 e. The molecule has 11 N–H and O–H groups in total. The Bertz CT molecular complexity index is 1730. The Morgan fingerprint density at radius 1 is 1.07 bits per heavy atom. The molecule has 1 saturated heterocycles. The maximum absolute atomic E-state index is 15.5. The van der Waals surface area contributed by atoms with Crippen molar-refractivity contribution in [3.8, 4) is 0 Å². The summed E-state index contributed by atoms with van der Waals surface area (Å²) in [5.74, 6) is -1.10. The van der Waals surface area contributed by atoms with Crippen LogP contribution in [0.15, 0.2) is 34.7 Å². The fourth-order valence-corrected chi connectivity index (χ4v) is 15.7. The second kappa shape index (κ2) is 17.2. The highest BCUT2D eigenvalue weighted by molar-refractivity contribution is 6.00. The van der Waals surface area contributed by atoms with Gasteiger partial charge in [-0.15, -0.1) is 0 Å². The molecule has 0 aromatic heterocycles. The zero-order valence-electron chi connectivity index (χ0n) is 37.6. The topological polar surface area (TPSA) is 218 Å². The largest absolute Gasteiger partial charge is 0.396 e. The van der Waals surface area contributed by atoms with Crippen molar-refractivity contribution in [1.29, 1.82) is 0 Å². The molecule has 2 aliphatic heterocycles. The minimum absolute atomic E-state index is 0.0427. The third kappa shape index (κ3) is 7.32. The number of ketones is 1. The average Bonchev–Trinajstić information content (AvgIpc) is 3.60. The summed E-state index contributed by atoms with van der Waals surface area (Å²) in [6.45, 7) is 9.98. The van der Waals surface area contributed by atoms with Crippen molar-refractivity contribution >= 4 is 5.78 Å². The summed E-state index contributed by atoms with van der Waals surface area (Å²) in [6, 6.07) is 0. The molecule has 0 aromatic carbocycles. The van der Waals surface area contributed by atoms with Crippen molar-refractivity contribution in [1.82, 2.24) is 10.6 Å². The van der Waals surface area contributed by atoms with Crippen LogP contribution in [0.25, 0.3) is 0 Å². The number of aliphatic hydroxyl groups is 7. The van der Waals surface area contributed by atoms with Crippen LogP contribution in [0.2, 0.25) is 0 Å². The van der Waals surface area contributed by atoms with E-state index in [0.717, 1.165) is 37.0 Å². The number of allylic oxidation sites excluding steroid dienone is 4. The number of Topliss-reactive ketones (excluding diaryl/α,β-unsaturated/α-hetero) is 1. The lowest BCUT2D eigenvalue weighted by Crippen LogP contribution is -2.70. The first-order valence-corrected chi connectivity index (χ1v) is 24.3. The van der Waals surface area contributed by atoms with E-state index in [9.17, 15) is 35.7 Å². The highest BCUT2D eigenvalue weighted by atomic mass is 16.5. The summed E-state index contributed by atoms with van der Waals surface area (Å²) in [4.78, 5) is 15.5. The van der Waals surface area contributed by atoms with Crippen molar-refractivity contribution in [3.63, 3.8) is 0 Å². The van der Waals surface area contributed by atoms with E-state index in [0.29, 0.717) is 68.1 Å². The normalized spacial score (nSPS) is 46.4. The first-order valence-electron chi connectivity index (χ1n) is 24.3.